The number of nitrogens with one attached hydrogen (secondary N) is 1. The fourth-order valence-electron chi connectivity index (χ4n) is 4.18. The fourth-order valence-corrected chi connectivity index (χ4v) is 4.48. The lowest BCUT2D eigenvalue weighted by Gasteiger charge is -2.13. The molecule has 2 amide bonds. The molecule has 0 unspecified atom stereocenters. The molecule has 5 rings (SSSR count). The van der Waals surface area contributed by atoms with Crippen molar-refractivity contribution in [3.05, 3.63) is 124 Å². The molecule has 0 saturated heterocycles. The number of benzene rings is 4. The Kier molecular flexibility index (Phi) is 8.67. The predicted octanol–water partition coefficient (Wildman–Crippen LogP) is 7.24. The van der Waals surface area contributed by atoms with Gasteiger partial charge in [-0.15, -0.1) is 0 Å². The molecule has 0 fully saturated rings. The normalized spacial score (nSPS) is 13.7. The molecule has 0 aromatic heterocycles. The zero-order chi connectivity index (χ0) is 28.8. The Labute approximate surface area is 247 Å². The Morgan fingerprint density at radius 3 is 2.32 bits per heavy atom. The summed E-state index contributed by atoms with van der Waals surface area (Å²) in [5, 5.41) is 9.53. The fraction of sp³-hybridized carbons (Fsp3) is 0.0938. The van der Waals surface area contributed by atoms with Gasteiger partial charge in [0.25, 0.3) is 11.8 Å². The van der Waals surface area contributed by atoms with Crippen molar-refractivity contribution in [2.45, 2.75) is 6.92 Å². The minimum absolute atomic E-state index is 0.243. The lowest BCUT2D eigenvalue weighted by Crippen LogP contribution is -2.21. The summed E-state index contributed by atoms with van der Waals surface area (Å²) in [4.78, 5) is 26.1. The second-order valence-electron chi connectivity index (χ2n) is 8.93. The average molecular weight is 586 g/mol. The first-order valence-corrected chi connectivity index (χ1v) is 13.6. The van der Waals surface area contributed by atoms with Gasteiger partial charge in [0, 0.05) is 11.3 Å². The second kappa shape index (κ2) is 12.7. The van der Waals surface area contributed by atoms with Crippen molar-refractivity contribution in [1.82, 2.24) is 0 Å². The molecule has 0 saturated carbocycles. The van der Waals surface area contributed by atoms with Crippen LogP contribution < -0.4 is 19.8 Å². The van der Waals surface area contributed by atoms with Crippen LogP contribution in [-0.4, -0.2) is 30.7 Å². The summed E-state index contributed by atoms with van der Waals surface area (Å²) in [6.45, 7) is 1.98. The number of halogens is 2. The molecule has 0 aliphatic carbocycles. The van der Waals surface area contributed by atoms with Crippen molar-refractivity contribution < 1.29 is 19.1 Å². The first-order chi connectivity index (χ1) is 19.9. The van der Waals surface area contributed by atoms with Gasteiger partial charge < -0.3 is 14.8 Å². The van der Waals surface area contributed by atoms with Crippen LogP contribution in [0.2, 0.25) is 10.0 Å². The van der Waals surface area contributed by atoms with E-state index in [0.717, 1.165) is 5.56 Å². The van der Waals surface area contributed by atoms with Gasteiger partial charge >= 0.3 is 0 Å². The number of ether oxygens (including phenoxy) is 2. The van der Waals surface area contributed by atoms with Gasteiger partial charge in [-0.25, -0.2) is 0 Å². The van der Waals surface area contributed by atoms with Crippen molar-refractivity contribution in [3.63, 3.8) is 0 Å². The molecule has 1 aliphatic rings. The molecule has 7 nitrogen and oxygen atoms in total. The summed E-state index contributed by atoms with van der Waals surface area (Å²) in [5.41, 5.74) is 3.72. The maximum absolute atomic E-state index is 13.6. The van der Waals surface area contributed by atoms with Crippen LogP contribution in [0.15, 0.2) is 108 Å². The largest absolute Gasteiger partial charge is 0.490 e. The van der Waals surface area contributed by atoms with E-state index in [1.54, 1.807) is 42.5 Å². The SMILES string of the molecule is CCOc1cc(/C=C2\C(=O)N(c3ccccc3)N=C2c2ccccc2)ccc1OCC(=O)Nc1ccc(Cl)c(Cl)c1. The van der Waals surface area contributed by atoms with E-state index in [4.69, 9.17) is 32.7 Å². The van der Waals surface area contributed by atoms with Gasteiger partial charge in [-0.2, -0.15) is 10.1 Å². The number of amides is 2. The molecule has 0 spiro atoms. The molecule has 4 aromatic rings. The molecular weight excluding hydrogens is 561 g/mol. The van der Waals surface area contributed by atoms with Crippen molar-refractivity contribution in [3.8, 4) is 11.5 Å². The van der Waals surface area contributed by atoms with Crippen LogP contribution in [0.5, 0.6) is 11.5 Å². The number of anilines is 2. The van der Waals surface area contributed by atoms with E-state index in [9.17, 15) is 9.59 Å². The lowest BCUT2D eigenvalue weighted by molar-refractivity contribution is -0.118. The molecule has 0 bridgehead atoms. The monoisotopic (exact) mass is 585 g/mol. The number of para-hydroxylation sites is 1. The molecule has 9 heteroatoms. The molecule has 1 N–H and O–H groups in total. The van der Waals surface area contributed by atoms with E-state index >= 15 is 0 Å². The molecule has 4 aromatic carbocycles. The minimum Gasteiger partial charge on any atom is -0.490 e. The summed E-state index contributed by atoms with van der Waals surface area (Å²) >= 11 is 12.0. The maximum atomic E-state index is 13.6. The zero-order valence-electron chi connectivity index (χ0n) is 22.0. The Bertz CT molecular complexity index is 1640. The standard InChI is InChI=1S/C32H25Cl2N3O4/c1-2-40-29-18-21(13-16-28(29)41-20-30(38)35-23-14-15-26(33)27(34)19-23)17-25-31(22-9-5-3-6-10-22)36-37(32(25)39)24-11-7-4-8-12-24/h3-19H,2,20H2,1H3,(H,35,38)/b25-17-. The Morgan fingerprint density at radius 1 is 0.878 bits per heavy atom. The van der Waals surface area contributed by atoms with E-state index in [-0.39, 0.29) is 18.4 Å². The predicted molar refractivity (Wildman–Crippen MR) is 163 cm³/mol. The van der Waals surface area contributed by atoms with E-state index in [1.807, 2.05) is 67.6 Å². The van der Waals surface area contributed by atoms with Crippen LogP contribution in [0.25, 0.3) is 6.08 Å². The number of hydrazone groups is 1. The summed E-state index contributed by atoms with van der Waals surface area (Å²) in [5.74, 6) is 0.206. The van der Waals surface area contributed by atoms with Gasteiger partial charge in [-0.3, -0.25) is 9.59 Å². The van der Waals surface area contributed by atoms with E-state index in [1.165, 1.54) is 5.01 Å². The van der Waals surface area contributed by atoms with Crippen molar-refractivity contribution in [2.75, 3.05) is 23.5 Å². The minimum atomic E-state index is -0.377. The van der Waals surface area contributed by atoms with Crippen LogP contribution in [-0.2, 0) is 9.59 Å². The highest BCUT2D eigenvalue weighted by Gasteiger charge is 2.32. The van der Waals surface area contributed by atoms with Crippen LogP contribution in [0.3, 0.4) is 0 Å². The summed E-state index contributed by atoms with van der Waals surface area (Å²) in [7, 11) is 0. The number of nitrogens with zero attached hydrogens (tertiary/aromatic N) is 2. The number of carbonyl (C=O) groups is 2. The number of hydrogen-bond donors (Lipinski definition) is 1. The molecule has 206 valence electrons. The van der Waals surface area contributed by atoms with Crippen LogP contribution in [0.4, 0.5) is 11.4 Å². The first kappa shape index (κ1) is 28.0. The van der Waals surface area contributed by atoms with Gasteiger partial charge in [0.2, 0.25) is 0 Å². The number of carbonyl (C=O) groups excluding carboxylic acids is 2. The first-order valence-electron chi connectivity index (χ1n) is 12.8. The molecule has 0 atom stereocenters. The summed E-state index contributed by atoms with van der Waals surface area (Å²) in [6, 6.07) is 28.9. The molecule has 1 heterocycles. The molecular formula is C32H25Cl2N3O4. The van der Waals surface area contributed by atoms with Gasteiger partial charge in [0.1, 0.15) is 5.71 Å². The number of rotatable bonds is 9. The molecule has 41 heavy (non-hydrogen) atoms. The average Bonchev–Trinajstić information content (AvgIpc) is 3.31. The Hall–Kier alpha value is -4.59. The quantitative estimate of drug-likeness (QED) is 0.210. The van der Waals surface area contributed by atoms with E-state index in [2.05, 4.69) is 10.4 Å². The van der Waals surface area contributed by atoms with Crippen LogP contribution in [0, 0.1) is 0 Å². The van der Waals surface area contributed by atoms with E-state index in [0.29, 0.717) is 56.4 Å². The summed E-state index contributed by atoms with van der Waals surface area (Å²) in [6.07, 6.45) is 1.78. The lowest BCUT2D eigenvalue weighted by atomic mass is 10.00. The third kappa shape index (κ3) is 6.60. The molecule has 0 radical (unpaired) electrons. The van der Waals surface area contributed by atoms with Crippen molar-refractivity contribution >= 4 is 58.2 Å². The van der Waals surface area contributed by atoms with Gasteiger partial charge in [-0.1, -0.05) is 77.8 Å². The zero-order valence-corrected chi connectivity index (χ0v) is 23.5. The smallest absolute Gasteiger partial charge is 0.281 e. The third-order valence-electron chi connectivity index (χ3n) is 6.07. The van der Waals surface area contributed by atoms with Gasteiger partial charge in [0.05, 0.1) is 27.9 Å². The Balaban J connectivity index is 1.39. The van der Waals surface area contributed by atoms with Crippen molar-refractivity contribution in [2.24, 2.45) is 5.10 Å². The number of hydrogen-bond acceptors (Lipinski definition) is 5. The van der Waals surface area contributed by atoms with Crippen LogP contribution >= 0.6 is 23.2 Å². The second-order valence-corrected chi connectivity index (χ2v) is 9.74. The van der Waals surface area contributed by atoms with Crippen molar-refractivity contribution in [1.29, 1.82) is 0 Å². The summed E-state index contributed by atoms with van der Waals surface area (Å²) < 4.78 is 11.6. The molecule has 1 aliphatic heterocycles. The Morgan fingerprint density at radius 2 is 1.61 bits per heavy atom. The van der Waals surface area contributed by atoms with E-state index < -0.39 is 0 Å². The topological polar surface area (TPSA) is 80.2 Å². The highest BCUT2D eigenvalue weighted by atomic mass is 35.5. The van der Waals surface area contributed by atoms with Gasteiger partial charge in [-0.05, 0) is 61.0 Å². The highest BCUT2D eigenvalue weighted by Crippen LogP contribution is 2.32. The van der Waals surface area contributed by atoms with Crippen LogP contribution in [0.1, 0.15) is 18.1 Å². The highest BCUT2D eigenvalue weighted by molar-refractivity contribution is 6.42. The van der Waals surface area contributed by atoms with Gasteiger partial charge in [0.15, 0.2) is 18.1 Å². The maximum Gasteiger partial charge on any atom is 0.281 e. The third-order valence-corrected chi connectivity index (χ3v) is 6.81.